The number of carbonyl (C=O) groups is 3. The van der Waals surface area contributed by atoms with Gasteiger partial charge < -0.3 is 14.8 Å². The zero-order chi connectivity index (χ0) is 18.9. The summed E-state index contributed by atoms with van der Waals surface area (Å²) in [4.78, 5) is 36.3. The molecule has 0 saturated carbocycles. The molecular weight excluding hydrogens is 322 g/mol. The molecule has 1 aromatic carbocycles. The number of Topliss-reactive ketones (excluding diaryl/α,β-unsaturated/α-hetero) is 1. The van der Waals surface area contributed by atoms with Gasteiger partial charge in [0.05, 0.1) is 6.42 Å². The summed E-state index contributed by atoms with van der Waals surface area (Å²) in [5.74, 6) is -0.865. The van der Waals surface area contributed by atoms with E-state index in [1.54, 1.807) is 32.9 Å². The maximum Gasteiger partial charge on any atom is 0.408 e. The summed E-state index contributed by atoms with van der Waals surface area (Å²) in [5, 5.41) is 2.43. The third-order valence-electron chi connectivity index (χ3n) is 3.03. The number of hydrogen-bond acceptors (Lipinski definition) is 5. The summed E-state index contributed by atoms with van der Waals surface area (Å²) < 4.78 is 10.1. The first-order valence-electron chi connectivity index (χ1n) is 8.04. The van der Waals surface area contributed by atoms with Crippen molar-refractivity contribution in [3.8, 4) is 0 Å². The Hall–Kier alpha value is -2.63. The number of carbonyl (C=O) groups excluding carboxylic acids is 3. The van der Waals surface area contributed by atoms with Crippen LogP contribution in [0.25, 0.3) is 0 Å². The number of hydrogen-bond donors (Lipinski definition) is 1. The Labute approximate surface area is 148 Å². The first kappa shape index (κ1) is 20.4. The Morgan fingerprint density at radius 2 is 1.84 bits per heavy atom. The Morgan fingerprint density at radius 1 is 1.20 bits per heavy atom. The molecule has 1 aromatic rings. The molecule has 0 radical (unpaired) electrons. The van der Waals surface area contributed by atoms with Gasteiger partial charge in [0.2, 0.25) is 0 Å². The third-order valence-corrected chi connectivity index (χ3v) is 3.03. The van der Waals surface area contributed by atoms with Gasteiger partial charge in [-0.2, -0.15) is 0 Å². The molecule has 136 valence electrons. The van der Waals surface area contributed by atoms with Crippen LogP contribution in [0, 0.1) is 0 Å². The van der Waals surface area contributed by atoms with Crippen LogP contribution in [0.2, 0.25) is 0 Å². The molecule has 1 atom stereocenters. The number of esters is 1. The molecule has 0 heterocycles. The van der Waals surface area contributed by atoms with E-state index in [-0.39, 0.29) is 25.2 Å². The first-order chi connectivity index (χ1) is 11.7. The number of benzene rings is 1. The smallest absolute Gasteiger partial charge is 0.408 e. The highest BCUT2D eigenvalue weighted by atomic mass is 16.6. The maximum absolute atomic E-state index is 12.5. The summed E-state index contributed by atoms with van der Waals surface area (Å²) in [7, 11) is 0. The van der Waals surface area contributed by atoms with Crippen molar-refractivity contribution in [1.29, 1.82) is 0 Å². The molecular formula is C19H25NO5. The van der Waals surface area contributed by atoms with Gasteiger partial charge in [-0.05, 0) is 26.3 Å². The second-order valence-corrected chi connectivity index (χ2v) is 6.50. The summed E-state index contributed by atoms with van der Waals surface area (Å²) in [6.07, 6.45) is 0.464. The van der Waals surface area contributed by atoms with E-state index in [2.05, 4.69) is 11.9 Å². The molecule has 1 unspecified atom stereocenters. The monoisotopic (exact) mass is 347 g/mol. The van der Waals surface area contributed by atoms with E-state index in [1.165, 1.54) is 6.08 Å². The van der Waals surface area contributed by atoms with E-state index in [9.17, 15) is 14.4 Å². The quantitative estimate of drug-likeness (QED) is 0.578. The number of ether oxygens (including phenoxy) is 2. The molecule has 0 saturated heterocycles. The fourth-order valence-electron chi connectivity index (χ4n) is 2.03. The molecule has 25 heavy (non-hydrogen) atoms. The highest BCUT2D eigenvalue weighted by Gasteiger charge is 2.27. The summed E-state index contributed by atoms with van der Waals surface area (Å²) >= 11 is 0. The number of amides is 1. The topological polar surface area (TPSA) is 81.7 Å². The number of rotatable bonds is 8. The Kier molecular flexibility index (Phi) is 7.85. The summed E-state index contributed by atoms with van der Waals surface area (Å²) in [6.45, 7) is 8.66. The van der Waals surface area contributed by atoms with Crippen molar-refractivity contribution in [3.63, 3.8) is 0 Å². The Balaban J connectivity index is 2.78. The van der Waals surface area contributed by atoms with E-state index >= 15 is 0 Å². The Bertz CT molecular complexity index is 604. The standard InChI is InChI=1S/C19H25NO5/c1-5-11-24-18(23)20-15(13-17(22)25-19(2,3)4)16(21)12-14-9-7-6-8-10-14/h5-10,15H,1,11-13H2,2-4H3,(H,20,23). The molecule has 1 amide bonds. The van der Waals surface area contributed by atoms with Gasteiger partial charge >= 0.3 is 12.1 Å². The van der Waals surface area contributed by atoms with Crippen LogP contribution in [0.5, 0.6) is 0 Å². The van der Waals surface area contributed by atoms with Gasteiger partial charge in [-0.25, -0.2) is 4.79 Å². The lowest BCUT2D eigenvalue weighted by Crippen LogP contribution is -2.44. The number of ketones is 1. The van der Waals surface area contributed by atoms with Gasteiger partial charge in [0, 0.05) is 6.42 Å². The van der Waals surface area contributed by atoms with E-state index in [0.717, 1.165) is 5.56 Å². The second-order valence-electron chi connectivity index (χ2n) is 6.50. The number of alkyl carbamates (subject to hydrolysis) is 1. The van der Waals surface area contributed by atoms with E-state index in [0.29, 0.717) is 0 Å². The molecule has 1 rings (SSSR count). The van der Waals surface area contributed by atoms with Crippen molar-refractivity contribution in [2.24, 2.45) is 0 Å². The molecule has 6 heteroatoms. The molecule has 0 bridgehead atoms. The van der Waals surface area contributed by atoms with Crippen molar-refractivity contribution in [3.05, 3.63) is 48.6 Å². The van der Waals surface area contributed by atoms with Gasteiger partial charge in [-0.1, -0.05) is 43.0 Å². The minimum absolute atomic E-state index is 0.0118. The lowest BCUT2D eigenvalue weighted by atomic mass is 10.0. The van der Waals surface area contributed by atoms with Gasteiger partial charge in [-0.3, -0.25) is 9.59 Å². The lowest BCUT2D eigenvalue weighted by molar-refractivity contribution is -0.156. The van der Waals surface area contributed by atoms with Gasteiger partial charge in [0.25, 0.3) is 0 Å². The molecule has 0 aliphatic heterocycles. The average Bonchev–Trinajstić information content (AvgIpc) is 2.51. The van der Waals surface area contributed by atoms with Crippen LogP contribution in [0.15, 0.2) is 43.0 Å². The molecule has 0 spiro atoms. The van der Waals surface area contributed by atoms with Crippen LogP contribution in [-0.4, -0.2) is 36.1 Å². The van der Waals surface area contributed by atoms with Crippen molar-refractivity contribution >= 4 is 17.8 Å². The second kappa shape index (κ2) is 9.61. The van der Waals surface area contributed by atoms with E-state index < -0.39 is 23.7 Å². The fraction of sp³-hybridized carbons (Fsp3) is 0.421. The van der Waals surface area contributed by atoms with Gasteiger partial charge in [0.15, 0.2) is 5.78 Å². The zero-order valence-electron chi connectivity index (χ0n) is 14.9. The largest absolute Gasteiger partial charge is 0.460 e. The van der Waals surface area contributed by atoms with E-state index in [1.807, 2.05) is 18.2 Å². The molecule has 0 aliphatic carbocycles. The zero-order valence-corrected chi connectivity index (χ0v) is 14.9. The molecule has 0 fully saturated rings. The summed E-state index contributed by atoms with van der Waals surface area (Å²) in [6, 6.07) is 8.06. The van der Waals surface area contributed by atoms with Crippen LogP contribution in [-0.2, 0) is 25.5 Å². The van der Waals surface area contributed by atoms with Crippen LogP contribution < -0.4 is 5.32 Å². The lowest BCUT2D eigenvalue weighted by Gasteiger charge is -2.22. The van der Waals surface area contributed by atoms with Crippen molar-refractivity contribution in [2.45, 2.75) is 45.3 Å². The third kappa shape index (κ3) is 8.69. The predicted molar refractivity (Wildman–Crippen MR) is 94.1 cm³/mol. The van der Waals surface area contributed by atoms with Crippen LogP contribution in [0.4, 0.5) is 4.79 Å². The highest BCUT2D eigenvalue weighted by Crippen LogP contribution is 2.11. The number of nitrogens with one attached hydrogen (secondary N) is 1. The van der Waals surface area contributed by atoms with Crippen LogP contribution in [0.1, 0.15) is 32.8 Å². The Morgan fingerprint density at radius 3 is 2.40 bits per heavy atom. The minimum Gasteiger partial charge on any atom is -0.460 e. The van der Waals surface area contributed by atoms with Crippen molar-refractivity contribution in [2.75, 3.05) is 6.61 Å². The average molecular weight is 347 g/mol. The predicted octanol–water partition coefficient (Wildman–Crippen LogP) is 2.81. The fourth-order valence-corrected chi connectivity index (χ4v) is 2.03. The minimum atomic E-state index is -1.02. The van der Waals surface area contributed by atoms with Crippen molar-refractivity contribution < 1.29 is 23.9 Å². The van der Waals surface area contributed by atoms with E-state index in [4.69, 9.17) is 9.47 Å². The SMILES string of the molecule is C=CCOC(=O)NC(CC(=O)OC(C)(C)C)C(=O)Cc1ccccc1. The molecule has 0 aromatic heterocycles. The van der Waals surface area contributed by atoms with Crippen molar-refractivity contribution in [1.82, 2.24) is 5.32 Å². The van der Waals surface area contributed by atoms with Gasteiger partial charge in [-0.15, -0.1) is 0 Å². The normalized spacial score (nSPS) is 12.0. The van der Waals surface area contributed by atoms with Crippen LogP contribution >= 0.6 is 0 Å². The van der Waals surface area contributed by atoms with Crippen LogP contribution in [0.3, 0.4) is 0 Å². The molecule has 0 aliphatic rings. The molecule has 1 N–H and O–H groups in total. The summed E-state index contributed by atoms with van der Waals surface area (Å²) in [5.41, 5.74) is 0.121. The van der Waals surface area contributed by atoms with Gasteiger partial charge in [0.1, 0.15) is 18.2 Å². The first-order valence-corrected chi connectivity index (χ1v) is 8.04. The highest BCUT2D eigenvalue weighted by molar-refractivity contribution is 5.92. The molecule has 6 nitrogen and oxygen atoms in total. The maximum atomic E-state index is 12.5.